The molecular weight excluding hydrogens is 148 g/mol. The maximum atomic E-state index is 4.15. The van der Waals surface area contributed by atoms with Crippen molar-refractivity contribution in [3.8, 4) is 0 Å². The number of fused-ring (bicyclic) bond motifs is 1. The number of thiol groups is 1. The van der Waals surface area contributed by atoms with Crippen LogP contribution in [0.3, 0.4) is 0 Å². The number of rotatable bonds is 0. The van der Waals surface area contributed by atoms with Gasteiger partial charge in [-0.1, -0.05) is 0 Å². The molecule has 2 aliphatic heterocycles. The second kappa shape index (κ2) is 2.02. The predicted molar refractivity (Wildman–Crippen MR) is 44.6 cm³/mol. The summed E-state index contributed by atoms with van der Waals surface area (Å²) in [5, 5.41) is -0.185. The van der Waals surface area contributed by atoms with Crippen LogP contribution >= 0.6 is 12.6 Å². The molecule has 5 heteroatoms. The lowest BCUT2D eigenvalue weighted by Gasteiger charge is -2.06. The molecule has 0 saturated carbocycles. The van der Waals surface area contributed by atoms with Gasteiger partial charge in [-0.15, -0.1) is 12.6 Å². The SMILES string of the molecule is SC1N=CN=C2N=CN=C21. The monoisotopic (exact) mass is 152 g/mol. The van der Waals surface area contributed by atoms with E-state index in [1.165, 1.54) is 12.7 Å². The van der Waals surface area contributed by atoms with Crippen molar-refractivity contribution in [2.75, 3.05) is 0 Å². The van der Waals surface area contributed by atoms with E-state index in [0.29, 0.717) is 5.84 Å². The molecule has 0 aromatic rings. The van der Waals surface area contributed by atoms with Gasteiger partial charge in [-0.05, 0) is 0 Å². The first-order chi connectivity index (χ1) is 4.88. The van der Waals surface area contributed by atoms with Gasteiger partial charge in [0, 0.05) is 0 Å². The van der Waals surface area contributed by atoms with Crippen LogP contribution in [0.2, 0.25) is 0 Å². The van der Waals surface area contributed by atoms with E-state index in [9.17, 15) is 0 Å². The van der Waals surface area contributed by atoms with E-state index >= 15 is 0 Å². The normalized spacial score (nSPS) is 27.9. The fourth-order valence-corrected chi connectivity index (χ4v) is 1.01. The van der Waals surface area contributed by atoms with E-state index in [1.54, 1.807) is 0 Å². The molecule has 2 aliphatic rings. The smallest absolute Gasteiger partial charge is 0.180 e. The van der Waals surface area contributed by atoms with Crippen LogP contribution in [-0.2, 0) is 0 Å². The largest absolute Gasteiger partial charge is 0.253 e. The highest BCUT2D eigenvalue weighted by Crippen LogP contribution is 2.09. The molecule has 1 unspecified atom stereocenters. The van der Waals surface area contributed by atoms with Crippen molar-refractivity contribution >= 4 is 36.9 Å². The highest BCUT2D eigenvalue weighted by molar-refractivity contribution is 7.82. The Balaban J connectivity index is 2.45. The molecule has 0 radical (unpaired) electrons. The van der Waals surface area contributed by atoms with Gasteiger partial charge in [-0.2, -0.15) is 0 Å². The van der Waals surface area contributed by atoms with Crippen LogP contribution in [0.4, 0.5) is 0 Å². The molecular formula is C5H4N4S. The third-order valence-electron chi connectivity index (χ3n) is 1.24. The van der Waals surface area contributed by atoms with Crippen LogP contribution in [0.5, 0.6) is 0 Å². The van der Waals surface area contributed by atoms with Crippen LogP contribution in [0, 0.1) is 0 Å². The fraction of sp³-hybridized carbons (Fsp3) is 0.200. The van der Waals surface area contributed by atoms with Crippen molar-refractivity contribution in [2.45, 2.75) is 5.37 Å². The zero-order chi connectivity index (χ0) is 6.97. The van der Waals surface area contributed by atoms with E-state index in [0.717, 1.165) is 5.71 Å². The minimum atomic E-state index is -0.185. The number of nitrogens with zero attached hydrogens (tertiary/aromatic N) is 4. The number of hydrogen-bond acceptors (Lipinski definition) is 5. The number of amidine groups is 1. The van der Waals surface area contributed by atoms with E-state index in [1.807, 2.05) is 0 Å². The van der Waals surface area contributed by atoms with Crippen molar-refractivity contribution in [2.24, 2.45) is 20.0 Å². The van der Waals surface area contributed by atoms with Gasteiger partial charge in [0.1, 0.15) is 23.8 Å². The van der Waals surface area contributed by atoms with Crippen LogP contribution in [0.1, 0.15) is 0 Å². The molecule has 0 saturated heterocycles. The summed E-state index contributed by atoms with van der Waals surface area (Å²) in [6.07, 6.45) is 2.92. The Morgan fingerprint density at radius 3 is 3.00 bits per heavy atom. The van der Waals surface area contributed by atoms with Gasteiger partial charge < -0.3 is 0 Å². The van der Waals surface area contributed by atoms with Crippen LogP contribution < -0.4 is 0 Å². The van der Waals surface area contributed by atoms with Gasteiger partial charge in [-0.25, -0.2) is 15.0 Å². The van der Waals surface area contributed by atoms with Gasteiger partial charge in [0.25, 0.3) is 0 Å². The highest BCUT2D eigenvalue weighted by Gasteiger charge is 2.20. The van der Waals surface area contributed by atoms with Gasteiger partial charge in [0.2, 0.25) is 0 Å². The number of aliphatic imine (C=N–C) groups is 4. The minimum Gasteiger partial charge on any atom is -0.253 e. The second-order valence-corrected chi connectivity index (χ2v) is 2.34. The van der Waals surface area contributed by atoms with E-state index < -0.39 is 0 Å². The molecule has 2 rings (SSSR count). The Morgan fingerprint density at radius 2 is 2.20 bits per heavy atom. The average molecular weight is 152 g/mol. The van der Waals surface area contributed by atoms with Crippen molar-refractivity contribution in [3.05, 3.63) is 0 Å². The molecule has 0 N–H and O–H groups in total. The van der Waals surface area contributed by atoms with Crippen LogP contribution in [0.15, 0.2) is 20.0 Å². The van der Waals surface area contributed by atoms with Crippen LogP contribution in [0.25, 0.3) is 0 Å². The molecule has 0 spiro atoms. The third kappa shape index (κ3) is 0.706. The Hall–Kier alpha value is -0.970. The Bertz CT molecular complexity index is 275. The first-order valence-electron chi connectivity index (χ1n) is 2.76. The summed E-state index contributed by atoms with van der Waals surface area (Å²) in [6, 6.07) is 0. The summed E-state index contributed by atoms with van der Waals surface area (Å²) in [6.45, 7) is 0. The molecule has 0 fully saturated rings. The van der Waals surface area contributed by atoms with E-state index in [4.69, 9.17) is 0 Å². The summed E-state index contributed by atoms with van der Waals surface area (Å²) in [5.74, 6) is 0.634. The van der Waals surface area contributed by atoms with E-state index in [-0.39, 0.29) is 5.37 Å². The predicted octanol–water partition coefficient (Wildman–Crippen LogP) is 0.166. The third-order valence-corrected chi connectivity index (χ3v) is 1.62. The molecule has 2 heterocycles. The van der Waals surface area contributed by atoms with Crippen molar-refractivity contribution in [1.82, 2.24) is 0 Å². The van der Waals surface area contributed by atoms with Gasteiger partial charge in [0.05, 0.1) is 0 Å². The lowest BCUT2D eigenvalue weighted by Crippen LogP contribution is -2.22. The van der Waals surface area contributed by atoms with Crippen molar-refractivity contribution in [1.29, 1.82) is 0 Å². The molecule has 50 valence electrons. The quantitative estimate of drug-likeness (QED) is 0.481. The lowest BCUT2D eigenvalue weighted by molar-refractivity contribution is 1.22. The summed E-state index contributed by atoms with van der Waals surface area (Å²) >= 11 is 4.15. The summed E-state index contributed by atoms with van der Waals surface area (Å²) in [5.41, 5.74) is 0.742. The summed E-state index contributed by atoms with van der Waals surface area (Å²) < 4.78 is 0. The van der Waals surface area contributed by atoms with E-state index in [2.05, 4.69) is 32.6 Å². The summed E-state index contributed by atoms with van der Waals surface area (Å²) in [4.78, 5) is 15.6. The Labute approximate surface area is 62.9 Å². The second-order valence-electron chi connectivity index (χ2n) is 1.85. The topological polar surface area (TPSA) is 49.4 Å². The van der Waals surface area contributed by atoms with Gasteiger partial charge >= 0.3 is 0 Å². The van der Waals surface area contributed by atoms with Gasteiger partial charge in [0.15, 0.2) is 5.84 Å². The fourth-order valence-electron chi connectivity index (χ4n) is 0.773. The molecule has 0 amide bonds. The molecule has 0 aromatic heterocycles. The Kier molecular flexibility index (Phi) is 1.17. The van der Waals surface area contributed by atoms with Gasteiger partial charge in [-0.3, -0.25) is 4.99 Å². The zero-order valence-corrected chi connectivity index (χ0v) is 5.86. The standard InChI is InChI=1S/C5H4N4S/c10-5-3-4(7-1-6-3)8-2-9-5/h1-2,5,10H. The first-order valence-corrected chi connectivity index (χ1v) is 3.28. The van der Waals surface area contributed by atoms with Crippen LogP contribution in [-0.4, -0.2) is 29.6 Å². The molecule has 0 aromatic carbocycles. The molecule has 0 bridgehead atoms. The summed E-state index contributed by atoms with van der Waals surface area (Å²) in [7, 11) is 0. The Morgan fingerprint density at radius 1 is 1.30 bits per heavy atom. The molecule has 1 atom stereocenters. The first kappa shape index (κ1) is 5.79. The number of hydrogen-bond donors (Lipinski definition) is 1. The maximum Gasteiger partial charge on any atom is 0.180 e. The minimum absolute atomic E-state index is 0.185. The average Bonchev–Trinajstić information content (AvgIpc) is 2.36. The molecule has 0 aliphatic carbocycles. The molecule has 4 nitrogen and oxygen atoms in total. The highest BCUT2D eigenvalue weighted by atomic mass is 32.1. The van der Waals surface area contributed by atoms with Crippen molar-refractivity contribution in [3.63, 3.8) is 0 Å². The lowest BCUT2D eigenvalue weighted by atomic mass is 10.3. The molecule has 10 heavy (non-hydrogen) atoms. The maximum absolute atomic E-state index is 4.15. The zero-order valence-electron chi connectivity index (χ0n) is 4.97. The van der Waals surface area contributed by atoms with Crippen molar-refractivity contribution < 1.29 is 0 Å².